The van der Waals surface area contributed by atoms with Crippen LogP contribution in [0.1, 0.15) is 53.4 Å². The van der Waals surface area contributed by atoms with Crippen molar-refractivity contribution in [2.75, 3.05) is 6.61 Å². The highest BCUT2D eigenvalue weighted by Gasteiger charge is 2.57. The Kier molecular flexibility index (Phi) is 4.00. The van der Waals surface area contributed by atoms with Crippen molar-refractivity contribution in [3.63, 3.8) is 0 Å². The molecule has 3 N–H and O–H groups in total. The fourth-order valence-corrected chi connectivity index (χ4v) is 5.65. The number of carbonyl (C=O) groups is 1. The van der Waals surface area contributed by atoms with E-state index in [4.69, 9.17) is 0 Å². The zero-order valence-corrected chi connectivity index (χ0v) is 15.2. The Balaban J connectivity index is 1.99. The van der Waals surface area contributed by atoms with Crippen LogP contribution in [0.25, 0.3) is 0 Å². The molecule has 24 heavy (non-hydrogen) atoms. The summed E-state index contributed by atoms with van der Waals surface area (Å²) in [5, 5.41) is 29.8. The summed E-state index contributed by atoms with van der Waals surface area (Å²) in [4.78, 5) is 12.4. The van der Waals surface area contributed by atoms with Gasteiger partial charge in [-0.05, 0) is 49.0 Å². The molecule has 0 heterocycles. The first-order chi connectivity index (χ1) is 11.1. The average molecular weight is 334 g/mol. The normalized spacial score (nSPS) is 42.5. The highest BCUT2D eigenvalue weighted by Crippen LogP contribution is 2.61. The van der Waals surface area contributed by atoms with Gasteiger partial charge >= 0.3 is 0 Å². The van der Waals surface area contributed by atoms with E-state index in [1.807, 2.05) is 20.8 Å². The molecule has 0 aliphatic heterocycles. The number of allylic oxidation sites excluding steroid dienone is 4. The second kappa shape index (κ2) is 5.43. The van der Waals surface area contributed by atoms with Gasteiger partial charge in [-0.25, -0.2) is 0 Å². The lowest BCUT2D eigenvalue weighted by Crippen LogP contribution is -2.53. The smallest absolute Gasteiger partial charge is 0.202 e. The summed E-state index contributed by atoms with van der Waals surface area (Å²) in [6, 6.07) is 0. The number of fused-ring (bicyclic) bond motifs is 3. The van der Waals surface area contributed by atoms with E-state index >= 15 is 0 Å². The first-order valence-corrected chi connectivity index (χ1v) is 9.01. The summed E-state index contributed by atoms with van der Waals surface area (Å²) in [6.07, 6.45) is 6.67. The Hall–Kier alpha value is -1.13. The van der Waals surface area contributed by atoms with E-state index in [1.54, 1.807) is 6.08 Å². The van der Waals surface area contributed by atoms with Gasteiger partial charge in [0.2, 0.25) is 5.78 Å². The molecule has 0 aromatic rings. The molecule has 1 fully saturated rings. The number of hydrogen-bond acceptors (Lipinski definition) is 4. The first kappa shape index (κ1) is 17.7. The molecule has 5 atom stereocenters. The molecule has 5 unspecified atom stereocenters. The summed E-state index contributed by atoms with van der Waals surface area (Å²) in [7, 11) is 0. The fourth-order valence-electron chi connectivity index (χ4n) is 5.65. The highest BCUT2D eigenvalue weighted by atomic mass is 16.3. The Morgan fingerprint density at radius 3 is 2.58 bits per heavy atom. The summed E-state index contributed by atoms with van der Waals surface area (Å²) in [5.41, 5.74) is 0.202. The van der Waals surface area contributed by atoms with Gasteiger partial charge in [0.15, 0.2) is 5.76 Å². The van der Waals surface area contributed by atoms with Crippen LogP contribution in [0.4, 0.5) is 0 Å². The van der Waals surface area contributed by atoms with Gasteiger partial charge in [-0.15, -0.1) is 0 Å². The molecule has 0 spiro atoms. The van der Waals surface area contributed by atoms with Crippen molar-refractivity contribution in [3.8, 4) is 0 Å². The predicted molar refractivity (Wildman–Crippen MR) is 92.3 cm³/mol. The molecule has 0 radical (unpaired) electrons. The topological polar surface area (TPSA) is 77.8 Å². The quantitative estimate of drug-likeness (QED) is 0.678. The highest BCUT2D eigenvalue weighted by molar-refractivity contribution is 5.98. The molecule has 3 aliphatic rings. The maximum absolute atomic E-state index is 12.4. The van der Waals surface area contributed by atoms with Gasteiger partial charge in [-0.1, -0.05) is 39.3 Å². The van der Waals surface area contributed by atoms with Crippen LogP contribution in [0.5, 0.6) is 0 Å². The molecule has 1 saturated carbocycles. The lowest BCUT2D eigenvalue weighted by Gasteiger charge is -2.56. The van der Waals surface area contributed by atoms with Gasteiger partial charge in [-0.3, -0.25) is 4.79 Å². The SMILES string of the molecule is CC1(C(O)CO)CCC2C(=CCC3C(C)(C)C(=O)C(O)=CC23C)C1. The van der Waals surface area contributed by atoms with Crippen molar-refractivity contribution in [3.05, 3.63) is 23.5 Å². The second-order valence-electron chi connectivity index (χ2n) is 9.13. The maximum atomic E-state index is 12.4. The second-order valence-corrected chi connectivity index (χ2v) is 9.13. The first-order valence-electron chi connectivity index (χ1n) is 9.01. The van der Waals surface area contributed by atoms with Crippen LogP contribution >= 0.6 is 0 Å². The molecule has 3 aliphatic carbocycles. The lowest BCUT2D eigenvalue weighted by atomic mass is 9.47. The molecule has 134 valence electrons. The van der Waals surface area contributed by atoms with E-state index < -0.39 is 11.5 Å². The van der Waals surface area contributed by atoms with E-state index in [0.29, 0.717) is 0 Å². The summed E-state index contributed by atoms with van der Waals surface area (Å²) >= 11 is 0. The third-order valence-electron chi connectivity index (χ3n) is 7.29. The Bertz CT molecular complexity index is 617. The summed E-state index contributed by atoms with van der Waals surface area (Å²) in [6.45, 7) is 7.90. The van der Waals surface area contributed by atoms with Crippen molar-refractivity contribution in [2.24, 2.45) is 28.1 Å². The molecular formula is C20H30O4. The fraction of sp³-hybridized carbons (Fsp3) is 0.750. The van der Waals surface area contributed by atoms with Gasteiger partial charge in [-0.2, -0.15) is 0 Å². The van der Waals surface area contributed by atoms with E-state index in [9.17, 15) is 20.1 Å². The van der Waals surface area contributed by atoms with E-state index in [1.165, 1.54) is 5.57 Å². The number of aliphatic hydroxyl groups excluding tert-OH is 3. The van der Waals surface area contributed by atoms with Crippen LogP contribution < -0.4 is 0 Å². The number of rotatable bonds is 2. The number of hydrogen-bond donors (Lipinski definition) is 3. The molecule has 0 aromatic carbocycles. The Morgan fingerprint density at radius 2 is 1.96 bits per heavy atom. The van der Waals surface area contributed by atoms with Crippen molar-refractivity contribution in [1.29, 1.82) is 0 Å². The van der Waals surface area contributed by atoms with Crippen LogP contribution in [-0.4, -0.2) is 33.8 Å². The average Bonchev–Trinajstić information content (AvgIpc) is 2.51. The minimum Gasteiger partial charge on any atom is -0.505 e. The molecule has 4 heteroatoms. The van der Waals surface area contributed by atoms with Crippen molar-refractivity contribution >= 4 is 5.78 Å². The van der Waals surface area contributed by atoms with Crippen LogP contribution in [-0.2, 0) is 4.79 Å². The molecule has 3 rings (SSSR count). The number of Topliss-reactive ketones (excluding diaryl/α,β-unsaturated/α-hetero) is 1. The summed E-state index contributed by atoms with van der Waals surface area (Å²) < 4.78 is 0. The molecule has 0 amide bonds. The van der Waals surface area contributed by atoms with Gasteiger partial charge in [0.25, 0.3) is 0 Å². The third-order valence-corrected chi connectivity index (χ3v) is 7.29. The van der Waals surface area contributed by atoms with Crippen molar-refractivity contribution < 1.29 is 20.1 Å². The number of ketones is 1. The standard InChI is InChI=1S/C20H30O4/c1-18(2)15-6-5-12-9-19(3,16(23)11-21)8-7-13(12)20(15,4)10-14(22)17(18)24/h5,10,13,15-16,21-23H,6-9,11H2,1-4H3. The number of carbonyl (C=O) groups excluding carboxylic acids is 1. The summed E-state index contributed by atoms with van der Waals surface area (Å²) in [5.74, 6) is 0.209. The minimum absolute atomic E-state index is 0.0938. The van der Waals surface area contributed by atoms with Gasteiger partial charge in [0.1, 0.15) is 0 Å². The van der Waals surface area contributed by atoms with E-state index in [2.05, 4.69) is 13.0 Å². The Morgan fingerprint density at radius 1 is 1.29 bits per heavy atom. The lowest BCUT2D eigenvalue weighted by molar-refractivity contribution is -0.135. The van der Waals surface area contributed by atoms with Crippen LogP contribution in [0.3, 0.4) is 0 Å². The van der Waals surface area contributed by atoms with Crippen molar-refractivity contribution in [1.82, 2.24) is 0 Å². The molecule has 0 saturated heterocycles. The maximum Gasteiger partial charge on any atom is 0.202 e. The predicted octanol–water partition coefficient (Wildman–Crippen LogP) is 3.15. The van der Waals surface area contributed by atoms with Crippen molar-refractivity contribution in [2.45, 2.75) is 59.5 Å². The largest absolute Gasteiger partial charge is 0.505 e. The Labute approximate surface area is 144 Å². The monoisotopic (exact) mass is 334 g/mol. The van der Waals surface area contributed by atoms with E-state index in [-0.39, 0.29) is 40.8 Å². The van der Waals surface area contributed by atoms with Gasteiger partial charge in [0, 0.05) is 10.8 Å². The van der Waals surface area contributed by atoms with Gasteiger partial charge in [0.05, 0.1) is 12.7 Å². The molecule has 0 aromatic heterocycles. The molecular weight excluding hydrogens is 304 g/mol. The number of aliphatic hydroxyl groups is 3. The van der Waals surface area contributed by atoms with Crippen LogP contribution in [0, 0.1) is 28.1 Å². The zero-order chi connectivity index (χ0) is 17.9. The van der Waals surface area contributed by atoms with Gasteiger partial charge < -0.3 is 15.3 Å². The van der Waals surface area contributed by atoms with Crippen LogP contribution in [0.15, 0.2) is 23.5 Å². The molecule has 4 nitrogen and oxygen atoms in total. The molecule has 0 bridgehead atoms. The van der Waals surface area contributed by atoms with Crippen LogP contribution in [0.2, 0.25) is 0 Å². The van der Waals surface area contributed by atoms with E-state index in [0.717, 1.165) is 25.7 Å². The minimum atomic E-state index is -0.710. The zero-order valence-electron chi connectivity index (χ0n) is 15.2. The third kappa shape index (κ3) is 2.30.